The molecule has 0 radical (unpaired) electrons. The average molecular weight is 428 g/mol. The van der Waals surface area contributed by atoms with Gasteiger partial charge in [-0.25, -0.2) is 4.98 Å². The van der Waals surface area contributed by atoms with E-state index in [0.29, 0.717) is 0 Å². The van der Waals surface area contributed by atoms with Gasteiger partial charge in [-0.1, -0.05) is 60.7 Å². The number of nitrogens with zero attached hydrogens (tertiary/aromatic N) is 3. The molecular formula is C30H25N3. The van der Waals surface area contributed by atoms with Crippen LogP contribution in [0.2, 0.25) is 0 Å². The summed E-state index contributed by atoms with van der Waals surface area (Å²) in [5.41, 5.74) is 11.3. The smallest absolute Gasteiger partial charge is 0.145 e. The summed E-state index contributed by atoms with van der Waals surface area (Å²) in [5.74, 6) is 0. The molecule has 0 spiro atoms. The fraction of sp³-hybridized carbons (Fsp3) is 0.133. The van der Waals surface area contributed by atoms with Gasteiger partial charge in [-0.2, -0.15) is 0 Å². The summed E-state index contributed by atoms with van der Waals surface area (Å²) in [7, 11) is 0. The van der Waals surface area contributed by atoms with Crippen LogP contribution in [0.15, 0.2) is 79.0 Å². The van der Waals surface area contributed by atoms with Gasteiger partial charge < -0.3 is 0 Å². The number of aromatic nitrogens is 3. The molecule has 0 atom stereocenters. The Morgan fingerprint density at radius 1 is 0.636 bits per heavy atom. The third-order valence-electron chi connectivity index (χ3n) is 6.57. The first kappa shape index (κ1) is 19.7. The fourth-order valence-corrected chi connectivity index (χ4v) is 5.17. The number of aryl methyl sites for hydroxylation is 4. The molecule has 3 heteroatoms. The summed E-state index contributed by atoms with van der Waals surface area (Å²) < 4.78 is 2.27. The van der Waals surface area contributed by atoms with E-state index in [-0.39, 0.29) is 0 Å². The molecule has 3 aromatic carbocycles. The minimum atomic E-state index is 0.974. The van der Waals surface area contributed by atoms with Crippen LogP contribution < -0.4 is 0 Å². The van der Waals surface area contributed by atoms with Crippen molar-refractivity contribution >= 4 is 27.3 Å². The van der Waals surface area contributed by atoms with Crippen LogP contribution in [0.25, 0.3) is 49.7 Å². The van der Waals surface area contributed by atoms with Gasteiger partial charge in [0.1, 0.15) is 5.65 Å². The lowest BCUT2D eigenvalue weighted by Crippen LogP contribution is -1.95. The minimum absolute atomic E-state index is 0.974. The molecule has 0 saturated heterocycles. The Balaban J connectivity index is 1.79. The second-order valence-corrected chi connectivity index (χ2v) is 8.97. The van der Waals surface area contributed by atoms with Gasteiger partial charge in [-0.05, 0) is 62.1 Å². The Hall–Kier alpha value is -3.98. The number of hydrogen-bond donors (Lipinski definition) is 0. The quantitative estimate of drug-likeness (QED) is 0.266. The van der Waals surface area contributed by atoms with Crippen molar-refractivity contribution in [3.63, 3.8) is 0 Å². The number of rotatable bonds is 2. The molecule has 6 aromatic rings. The topological polar surface area (TPSA) is 30.2 Å². The predicted octanol–water partition coefficient (Wildman–Crippen LogP) is 7.60. The summed E-state index contributed by atoms with van der Waals surface area (Å²) in [6, 6.07) is 26.0. The van der Waals surface area contributed by atoms with Gasteiger partial charge >= 0.3 is 0 Å². The van der Waals surface area contributed by atoms with Crippen LogP contribution in [0.1, 0.15) is 22.5 Å². The zero-order valence-corrected chi connectivity index (χ0v) is 19.3. The van der Waals surface area contributed by atoms with E-state index in [1.807, 2.05) is 13.8 Å². The number of benzene rings is 3. The normalized spacial score (nSPS) is 11.6. The summed E-state index contributed by atoms with van der Waals surface area (Å²) >= 11 is 0. The van der Waals surface area contributed by atoms with Crippen molar-refractivity contribution in [2.45, 2.75) is 27.7 Å². The maximum Gasteiger partial charge on any atom is 0.145 e. The molecule has 33 heavy (non-hydrogen) atoms. The van der Waals surface area contributed by atoms with Crippen molar-refractivity contribution < 1.29 is 0 Å². The highest BCUT2D eigenvalue weighted by Crippen LogP contribution is 2.39. The largest absolute Gasteiger partial charge is 0.298 e. The number of pyridine rings is 2. The minimum Gasteiger partial charge on any atom is -0.298 e. The van der Waals surface area contributed by atoms with E-state index in [2.05, 4.69) is 102 Å². The van der Waals surface area contributed by atoms with Crippen molar-refractivity contribution in [1.82, 2.24) is 14.4 Å². The first-order valence-electron chi connectivity index (χ1n) is 11.4. The van der Waals surface area contributed by atoms with Gasteiger partial charge in [0.15, 0.2) is 0 Å². The van der Waals surface area contributed by atoms with Crippen LogP contribution in [0.5, 0.6) is 0 Å². The standard InChI is InChI=1S/C30H25N3/c1-18-9-5-6-11-23(18)24-12-8-14-26-28(24)25-13-7-10-19(2)29(25)33-17-27(32-30(26)33)22-15-20(3)31-21(4)16-22/h5-17H,1-4H3. The molecule has 0 saturated carbocycles. The second-order valence-electron chi connectivity index (χ2n) is 8.97. The molecule has 3 aromatic heterocycles. The lowest BCUT2D eigenvalue weighted by atomic mass is 9.92. The maximum absolute atomic E-state index is 5.18. The number of imidazole rings is 1. The lowest BCUT2D eigenvalue weighted by Gasteiger charge is -2.15. The van der Waals surface area contributed by atoms with E-state index in [1.165, 1.54) is 43.9 Å². The van der Waals surface area contributed by atoms with Crippen molar-refractivity contribution in [2.75, 3.05) is 0 Å². The van der Waals surface area contributed by atoms with Crippen molar-refractivity contribution in [2.24, 2.45) is 0 Å². The Morgan fingerprint density at radius 2 is 1.30 bits per heavy atom. The highest BCUT2D eigenvalue weighted by molar-refractivity contribution is 6.18. The van der Waals surface area contributed by atoms with Crippen LogP contribution >= 0.6 is 0 Å². The molecule has 3 heterocycles. The number of fused-ring (bicyclic) bond motifs is 6. The van der Waals surface area contributed by atoms with E-state index in [9.17, 15) is 0 Å². The number of para-hydroxylation sites is 1. The molecule has 0 N–H and O–H groups in total. The van der Waals surface area contributed by atoms with E-state index in [1.54, 1.807) is 0 Å². The Labute approximate surface area is 193 Å². The summed E-state index contributed by atoms with van der Waals surface area (Å²) in [6.45, 7) is 8.44. The molecule has 0 bridgehead atoms. The van der Waals surface area contributed by atoms with Crippen LogP contribution in [0, 0.1) is 27.7 Å². The zero-order chi connectivity index (χ0) is 22.7. The maximum atomic E-state index is 5.18. The first-order valence-corrected chi connectivity index (χ1v) is 11.4. The molecule has 0 fully saturated rings. The van der Waals surface area contributed by atoms with Gasteiger partial charge in [0.25, 0.3) is 0 Å². The molecule has 3 nitrogen and oxygen atoms in total. The van der Waals surface area contributed by atoms with Gasteiger partial charge in [-0.15, -0.1) is 0 Å². The fourth-order valence-electron chi connectivity index (χ4n) is 5.17. The van der Waals surface area contributed by atoms with Crippen LogP contribution in [-0.2, 0) is 0 Å². The SMILES string of the molecule is Cc1cc(-c2cn3c(n2)c2cccc(-c4ccccc4C)c2c2cccc(C)c23)cc(C)n1. The molecule has 0 aliphatic heterocycles. The third-order valence-corrected chi connectivity index (χ3v) is 6.57. The monoisotopic (exact) mass is 427 g/mol. The van der Waals surface area contributed by atoms with Crippen LogP contribution in [0.4, 0.5) is 0 Å². The second kappa shape index (κ2) is 7.28. The zero-order valence-electron chi connectivity index (χ0n) is 19.3. The molecule has 6 rings (SSSR count). The summed E-state index contributed by atoms with van der Waals surface area (Å²) in [5, 5.41) is 3.68. The van der Waals surface area contributed by atoms with Gasteiger partial charge in [0.2, 0.25) is 0 Å². The predicted molar refractivity (Wildman–Crippen MR) is 138 cm³/mol. The van der Waals surface area contributed by atoms with Crippen molar-refractivity contribution in [3.8, 4) is 22.4 Å². The van der Waals surface area contributed by atoms with E-state index < -0.39 is 0 Å². The van der Waals surface area contributed by atoms with Gasteiger partial charge in [-0.3, -0.25) is 9.38 Å². The molecule has 0 amide bonds. The Kier molecular flexibility index (Phi) is 4.34. The highest BCUT2D eigenvalue weighted by Gasteiger charge is 2.17. The van der Waals surface area contributed by atoms with E-state index in [0.717, 1.165) is 28.3 Å². The van der Waals surface area contributed by atoms with Crippen LogP contribution in [0.3, 0.4) is 0 Å². The molecule has 0 aliphatic carbocycles. The summed E-state index contributed by atoms with van der Waals surface area (Å²) in [6.07, 6.45) is 2.18. The number of hydrogen-bond acceptors (Lipinski definition) is 2. The first-order chi connectivity index (χ1) is 16.0. The van der Waals surface area contributed by atoms with E-state index >= 15 is 0 Å². The molecule has 0 aliphatic rings. The highest BCUT2D eigenvalue weighted by atomic mass is 15.0. The lowest BCUT2D eigenvalue weighted by molar-refractivity contribution is 1.12. The molecule has 160 valence electrons. The van der Waals surface area contributed by atoms with E-state index in [4.69, 9.17) is 4.98 Å². The van der Waals surface area contributed by atoms with Crippen molar-refractivity contribution in [1.29, 1.82) is 0 Å². The third kappa shape index (κ3) is 3.04. The Bertz CT molecular complexity index is 1690. The summed E-state index contributed by atoms with van der Waals surface area (Å²) in [4.78, 5) is 9.72. The average Bonchev–Trinajstić information content (AvgIpc) is 3.24. The van der Waals surface area contributed by atoms with Gasteiger partial charge in [0, 0.05) is 39.3 Å². The van der Waals surface area contributed by atoms with Crippen LogP contribution in [-0.4, -0.2) is 14.4 Å². The van der Waals surface area contributed by atoms with Gasteiger partial charge in [0.05, 0.1) is 11.2 Å². The molecular weight excluding hydrogens is 402 g/mol. The van der Waals surface area contributed by atoms with Crippen molar-refractivity contribution in [3.05, 3.63) is 102 Å². The Morgan fingerprint density at radius 3 is 2.09 bits per heavy atom. The molecule has 0 unspecified atom stereocenters.